The first kappa shape index (κ1) is 29.5. The van der Waals surface area contributed by atoms with Crippen LogP contribution in [0.5, 0.6) is 0 Å². The first-order chi connectivity index (χ1) is 16.7. The minimum atomic E-state index is -0.138. The maximum absolute atomic E-state index is 11.6. The van der Waals surface area contributed by atoms with Gasteiger partial charge in [-0.2, -0.15) is 0 Å². The van der Waals surface area contributed by atoms with Gasteiger partial charge in [0.1, 0.15) is 5.78 Å². The van der Waals surface area contributed by atoms with Gasteiger partial charge < -0.3 is 16.0 Å². The third-order valence-corrected chi connectivity index (χ3v) is 7.55. The number of Topliss-reactive ketones (excluding diaryl/α,β-unsaturated/α-hetero) is 1. The molecule has 0 amide bonds. The molecule has 2 aromatic carbocycles. The van der Waals surface area contributed by atoms with E-state index in [1.54, 1.807) is 0 Å². The number of hydrogen-bond acceptors (Lipinski definition) is 6. The summed E-state index contributed by atoms with van der Waals surface area (Å²) in [6, 6.07) is 22.4. The Morgan fingerprint density at radius 3 is 1.56 bits per heavy atom. The van der Waals surface area contributed by atoms with Gasteiger partial charge in [-0.1, -0.05) is 60.7 Å². The molecule has 2 aromatic rings. The molecule has 4 bridgehead atoms. The summed E-state index contributed by atoms with van der Waals surface area (Å²) in [6.07, 6.45) is 2.88. The van der Waals surface area contributed by atoms with Crippen LogP contribution in [-0.2, 0) is 27.4 Å². The molecule has 4 aliphatic heterocycles. The molecule has 4 fully saturated rings. The van der Waals surface area contributed by atoms with Gasteiger partial charge in [0.15, 0.2) is 0 Å². The first-order valence-corrected chi connectivity index (χ1v) is 12.6. The standard InChI is InChI=1S/C14H19NO2.C14H17NO2.B.Na.H/c2*16-14-6-12-9-17-10-13(7-14)15(12)8-11-4-2-1-3-5-11;;;/h1-5,12-14,16H,6-10H2;1-5,12-13H,6-10H2;;;/q;;;+1;-1/t12-,13+,14?;;;;. The fraction of sp³-hybridized carbons (Fsp3) is 0.536. The van der Waals surface area contributed by atoms with Crippen LogP contribution in [0.2, 0.25) is 0 Å². The SMILES string of the molecule is O=C1CC2COCC(C1)N2Cc1ccccc1.OC1C[C@H]2COC[C@@H](C1)N2Cc1ccccc1.[B].[H-].[Na+]. The Labute approximate surface area is 240 Å². The molecular weight excluding hydrogens is 462 g/mol. The number of ketones is 1. The number of morpholine rings is 2. The number of fused-ring (bicyclic) bond motifs is 4. The molecule has 3 unspecified atom stereocenters. The number of aliphatic hydroxyl groups excluding tert-OH is 1. The number of ether oxygens (including phenoxy) is 2. The summed E-state index contributed by atoms with van der Waals surface area (Å²) in [4.78, 5) is 16.5. The molecule has 6 rings (SSSR count). The smallest absolute Gasteiger partial charge is 1.00 e. The van der Waals surface area contributed by atoms with E-state index >= 15 is 0 Å². The van der Waals surface area contributed by atoms with Crippen LogP contribution in [0.1, 0.15) is 38.2 Å². The number of rotatable bonds is 4. The molecule has 0 spiro atoms. The van der Waals surface area contributed by atoms with Crippen molar-refractivity contribution in [2.24, 2.45) is 0 Å². The molecule has 0 saturated carbocycles. The minimum absolute atomic E-state index is 0. The Morgan fingerprint density at radius 1 is 0.722 bits per heavy atom. The fourth-order valence-electron chi connectivity index (χ4n) is 5.86. The van der Waals surface area contributed by atoms with Crippen LogP contribution in [-0.4, -0.2) is 85.8 Å². The van der Waals surface area contributed by atoms with Crippen molar-refractivity contribution in [1.82, 2.24) is 9.80 Å². The minimum Gasteiger partial charge on any atom is -1.00 e. The van der Waals surface area contributed by atoms with E-state index in [0.29, 0.717) is 43.9 Å². The molecule has 4 heterocycles. The molecule has 6 nitrogen and oxygen atoms in total. The summed E-state index contributed by atoms with van der Waals surface area (Å²) >= 11 is 0. The van der Waals surface area contributed by atoms with Gasteiger partial charge in [-0.05, 0) is 24.0 Å². The topological polar surface area (TPSA) is 62.2 Å². The van der Waals surface area contributed by atoms with Gasteiger partial charge in [0, 0.05) is 58.5 Å². The van der Waals surface area contributed by atoms with Crippen molar-refractivity contribution in [3.05, 3.63) is 71.8 Å². The number of hydrogen-bond donors (Lipinski definition) is 1. The molecule has 0 aromatic heterocycles. The van der Waals surface area contributed by atoms with Crippen molar-refractivity contribution < 1.29 is 50.4 Å². The summed E-state index contributed by atoms with van der Waals surface area (Å²) < 4.78 is 11.2. The summed E-state index contributed by atoms with van der Waals surface area (Å²) in [5, 5.41) is 9.82. The number of carbonyl (C=O) groups excluding carboxylic acids is 1. The Bertz CT molecular complexity index is 914. The normalized spacial score (nSPS) is 29.7. The molecule has 5 atom stereocenters. The summed E-state index contributed by atoms with van der Waals surface area (Å²) in [5.41, 5.74) is 2.67. The second-order valence-electron chi connectivity index (χ2n) is 10.1. The summed E-state index contributed by atoms with van der Waals surface area (Å²) in [5.74, 6) is 0.396. The van der Waals surface area contributed by atoms with Gasteiger partial charge >= 0.3 is 29.6 Å². The van der Waals surface area contributed by atoms with Gasteiger partial charge in [-0.15, -0.1) is 0 Å². The number of carbonyl (C=O) groups is 1. The average Bonchev–Trinajstić information content (AvgIpc) is 2.82. The van der Waals surface area contributed by atoms with Crippen LogP contribution >= 0.6 is 0 Å². The number of benzene rings is 2. The predicted octanol–water partition coefficient (Wildman–Crippen LogP) is -0.235. The van der Waals surface area contributed by atoms with Crippen LogP contribution in [0.4, 0.5) is 0 Å². The molecule has 8 heteroatoms. The van der Waals surface area contributed by atoms with E-state index < -0.39 is 0 Å². The van der Waals surface area contributed by atoms with Crippen LogP contribution in [0.25, 0.3) is 0 Å². The quantitative estimate of drug-likeness (QED) is 0.587. The monoisotopic (exact) mass is 499 g/mol. The van der Waals surface area contributed by atoms with Gasteiger partial charge in [-0.25, -0.2) is 0 Å². The largest absolute Gasteiger partial charge is 1.00 e. The van der Waals surface area contributed by atoms with E-state index in [2.05, 4.69) is 58.3 Å². The average molecular weight is 499 g/mol. The summed E-state index contributed by atoms with van der Waals surface area (Å²) in [6.45, 7) is 4.85. The molecule has 4 saturated heterocycles. The first-order valence-electron chi connectivity index (χ1n) is 12.6. The van der Waals surface area contributed by atoms with Crippen molar-refractivity contribution in [2.45, 2.75) is 69.0 Å². The van der Waals surface area contributed by atoms with Crippen molar-refractivity contribution in [3.63, 3.8) is 0 Å². The van der Waals surface area contributed by atoms with Crippen LogP contribution in [0, 0.1) is 0 Å². The van der Waals surface area contributed by atoms with E-state index in [4.69, 9.17) is 9.47 Å². The van der Waals surface area contributed by atoms with Crippen molar-refractivity contribution in [1.29, 1.82) is 0 Å². The molecule has 3 radical (unpaired) electrons. The Balaban J connectivity index is 0.000000241. The van der Waals surface area contributed by atoms with Gasteiger partial charge in [0.2, 0.25) is 0 Å². The van der Waals surface area contributed by atoms with Crippen molar-refractivity contribution in [2.75, 3.05) is 26.4 Å². The van der Waals surface area contributed by atoms with E-state index in [9.17, 15) is 9.90 Å². The van der Waals surface area contributed by atoms with E-state index in [0.717, 1.165) is 39.1 Å². The van der Waals surface area contributed by atoms with Gasteiger partial charge in [0.25, 0.3) is 0 Å². The Morgan fingerprint density at radius 2 is 1.11 bits per heavy atom. The molecule has 187 valence electrons. The fourth-order valence-corrected chi connectivity index (χ4v) is 5.86. The van der Waals surface area contributed by atoms with Gasteiger partial charge in [0.05, 0.1) is 32.5 Å². The maximum Gasteiger partial charge on any atom is 1.00 e. The molecule has 36 heavy (non-hydrogen) atoms. The van der Waals surface area contributed by atoms with Crippen LogP contribution < -0.4 is 29.6 Å². The van der Waals surface area contributed by atoms with E-state index in [1.807, 2.05) is 12.1 Å². The third kappa shape index (κ3) is 7.52. The van der Waals surface area contributed by atoms with E-state index in [-0.39, 0.29) is 57.6 Å². The summed E-state index contributed by atoms with van der Waals surface area (Å²) in [7, 11) is 0. The molecule has 0 aliphatic carbocycles. The van der Waals surface area contributed by atoms with Crippen molar-refractivity contribution >= 4 is 14.2 Å². The Hall–Kier alpha value is -1.03. The van der Waals surface area contributed by atoms with Crippen LogP contribution in [0.15, 0.2) is 60.7 Å². The number of piperidine rings is 2. The zero-order valence-electron chi connectivity index (χ0n) is 22.4. The number of nitrogens with zero attached hydrogens (tertiary/aromatic N) is 2. The third-order valence-electron chi connectivity index (χ3n) is 7.55. The van der Waals surface area contributed by atoms with Gasteiger partial charge in [-0.3, -0.25) is 14.6 Å². The van der Waals surface area contributed by atoms with Crippen molar-refractivity contribution in [3.8, 4) is 0 Å². The Kier molecular flexibility index (Phi) is 11.7. The molecule has 4 aliphatic rings. The maximum atomic E-state index is 11.6. The number of aliphatic hydroxyl groups is 1. The molecule has 1 N–H and O–H groups in total. The predicted molar refractivity (Wildman–Crippen MR) is 137 cm³/mol. The zero-order valence-corrected chi connectivity index (χ0v) is 23.4. The molecular formula is C28H37BN2NaO4. The van der Waals surface area contributed by atoms with E-state index in [1.165, 1.54) is 11.1 Å². The second-order valence-corrected chi connectivity index (χ2v) is 10.1. The zero-order chi connectivity index (χ0) is 23.3. The van der Waals surface area contributed by atoms with Crippen LogP contribution in [0.3, 0.4) is 0 Å². The second kappa shape index (κ2) is 14.2.